The van der Waals surface area contributed by atoms with Crippen molar-refractivity contribution >= 4 is 11.8 Å². The second-order valence-electron chi connectivity index (χ2n) is 7.85. The monoisotopic (exact) mass is 398 g/mol. The second kappa shape index (κ2) is 8.19. The Morgan fingerprint density at radius 2 is 1.90 bits per heavy atom. The highest BCUT2D eigenvalue weighted by atomic mass is 16.7. The summed E-state index contributed by atoms with van der Waals surface area (Å²) in [6.07, 6.45) is 3.43. The SMILES string of the molecule is CC(C)N(CC(=O)N(Cc1ccc2c(c1)OCO2)Cc1ccco1)C(=O)C1CC1. The molecular formula is C22H26N2O5. The van der Waals surface area contributed by atoms with Gasteiger partial charge in [-0.25, -0.2) is 0 Å². The Bertz CT molecular complexity index is 873. The summed E-state index contributed by atoms with van der Waals surface area (Å²) in [4.78, 5) is 29.2. The molecule has 1 saturated carbocycles. The number of carbonyl (C=O) groups excluding carboxylic acids is 2. The van der Waals surface area contributed by atoms with Gasteiger partial charge in [0.25, 0.3) is 0 Å². The largest absolute Gasteiger partial charge is 0.467 e. The summed E-state index contributed by atoms with van der Waals surface area (Å²) in [7, 11) is 0. The van der Waals surface area contributed by atoms with E-state index in [0.29, 0.717) is 30.3 Å². The Kier molecular flexibility index (Phi) is 5.47. The van der Waals surface area contributed by atoms with Gasteiger partial charge >= 0.3 is 0 Å². The molecule has 0 unspecified atom stereocenters. The predicted molar refractivity (Wildman–Crippen MR) is 105 cm³/mol. The Balaban J connectivity index is 1.51. The Morgan fingerprint density at radius 3 is 2.59 bits per heavy atom. The maximum atomic E-state index is 13.2. The van der Waals surface area contributed by atoms with E-state index in [0.717, 1.165) is 18.4 Å². The Morgan fingerprint density at radius 1 is 1.10 bits per heavy atom. The molecule has 1 aliphatic carbocycles. The molecule has 1 aromatic heterocycles. The minimum absolute atomic E-state index is 0.0249. The van der Waals surface area contributed by atoms with E-state index in [-0.39, 0.29) is 37.1 Å². The smallest absolute Gasteiger partial charge is 0.242 e. The topological polar surface area (TPSA) is 72.2 Å². The minimum atomic E-state index is -0.109. The van der Waals surface area contributed by atoms with Crippen LogP contribution in [0, 0.1) is 5.92 Å². The molecule has 0 spiro atoms. The molecule has 4 rings (SSSR count). The number of nitrogens with zero attached hydrogens (tertiary/aromatic N) is 2. The number of furan rings is 1. The van der Waals surface area contributed by atoms with Crippen LogP contribution in [0.15, 0.2) is 41.0 Å². The summed E-state index contributed by atoms with van der Waals surface area (Å²) in [6.45, 7) is 4.90. The third-order valence-corrected chi connectivity index (χ3v) is 5.23. The van der Waals surface area contributed by atoms with E-state index in [9.17, 15) is 9.59 Å². The van der Waals surface area contributed by atoms with Gasteiger partial charge in [-0.1, -0.05) is 6.07 Å². The highest BCUT2D eigenvalue weighted by Gasteiger charge is 2.35. The predicted octanol–water partition coefficient (Wildman–Crippen LogP) is 3.18. The maximum Gasteiger partial charge on any atom is 0.242 e. The van der Waals surface area contributed by atoms with Gasteiger partial charge in [-0.2, -0.15) is 0 Å². The molecule has 2 aromatic rings. The summed E-state index contributed by atoms with van der Waals surface area (Å²) in [5.74, 6) is 2.14. The number of ether oxygens (including phenoxy) is 2. The standard InChI is InChI=1S/C22H26N2O5/c1-15(2)24(22(26)17-6-7-17)13-21(25)23(12-18-4-3-9-27-18)11-16-5-8-19-20(10-16)29-14-28-19/h3-5,8-10,15,17H,6-7,11-14H2,1-2H3. The number of benzene rings is 1. The molecule has 2 heterocycles. The molecule has 0 radical (unpaired) electrons. The highest BCUT2D eigenvalue weighted by molar-refractivity contribution is 5.87. The molecule has 1 aliphatic heterocycles. The Labute approximate surface area is 170 Å². The molecule has 0 saturated heterocycles. The van der Waals surface area contributed by atoms with Gasteiger partial charge in [0.05, 0.1) is 12.8 Å². The van der Waals surface area contributed by atoms with Crippen LogP contribution < -0.4 is 9.47 Å². The lowest BCUT2D eigenvalue weighted by Crippen LogP contribution is -2.46. The molecule has 2 aliphatic rings. The molecule has 1 fully saturated rings. The third kappa shape index (κ3) is 4.55. The summed E-state index contributed by atoms with van der Waals surface area (Å²) < 4.78 is 16.3. The first-order chi connectivity index (χ1) is 14.0. The van der Waals surface area contributed by atoms with Gasteiger partial charge in [0.1, 0.15) is 12.3 Å². The van der Waals surface area contributed by atoms with Crippen molar-refractivity contribution in [1.29, 1.82) is 0 Å². The molecule has 0 N–H and O–H groups in total. The second-order valence-corrected chi connectivity index (χ2v) is 7.85. The van der Waals surface area contributed by atoms with E-state index in [1.165, 1.54) is 0 Å². The van der Waals surface area contributed by atoms with Crippen molar-refractivity contribution in [2.75, 3.05) is 13.3 Å². The van der Waals surface area contributed by atoms with Crippen molar-refractivity contribution in [2.45, 2.75) is 45.8 Å². The van der Waals surface area contributed by atoms with Crippen molar-refractivity contribution in [3.05, 3.63) is 47.9 Å². The fourth-order valence-electron chi connectivity index (χ4n) is 3.41. The lowest BCUT2D eigenvalue weighted by molar-refractivity contribution is -0.143. The van der Waals surface area contributed by atoms with Crippen molar-refractivity contribution in [2.24, 2.45) is 5.92 Å². The van der Waals surface area contributed by atoms with Crippen LogP contribution in [-0.4, -0.2) is 41.0 Å². The molecule has 0 bridgehead atoms. The van der Waals surface area contributed by atoms with Gasteiger partial charge in [-0.05, 0) is 56.5 Å². The lowest BCUT2D eigenvalue weighted by Gasteiger charge is -2.30. The minimum Gasteiger partial charge on any atom is -0.467 e. The summed E-state index contributed by atoms with van der Waals surface area (Å²) in [5.41, 5.74) is 0.929. The van der Waals surface area contributed by atoms with Gasteiger partial charge in [-0.15, -0.1) is 0 Å². The first-order valence-electron chi connectivity index (χ1n) is 10.0. The zero-order chi connectivity index (χ0) is 20.4. The van der Waals surface area contributed by atoms with E-state index in [2.05, 4.69) is 0 Å². The summed E-state index contributed by atoms with van der Waals surface area (Å²) in [5, 5.41) is 0. The molecular weight excluding hydrogens is 372 g/mol. The van der Waals surface area contributed by atoms with Crippen molar-refractivity contribution in [3.8, 4) is 11.5 Å². The average Bonchev–Trinajstić information content (AvgIpc) is 3.22. The first-order valence-corrected chi connectivity index (χ1v) is 10.0. The fourth-order valence-corrected chi connectivity index (χ4v) is 3.41. The fraction of sp³-hybridized carbons (Fsp3) is 0.455. The van der Waals surface area contributed by atoms with Crippen LogP contribution in [0.25, 0.3) is 0 Å². The van der Waals surface area contributed by atoms with Gasteiger partial charge in [0.2, 0.25) is 18.6 Å². The van der Waals surface area contributed by atoms with Gasteiger partial charge in [0.15, 0.2) is 11.5 Å². The van der Waals surface area contributed by atoms with Crippen LogP contribution in [0.3, 0.4) is 0 Å². The molecule has 1 aromatic carbocycles. The van der Waals surface area contributed by atoms with Crippen molar-refractivity contribution in [3.63, 3.8) is 0 Å². The number of rotatable bonds is 8. The van der Waals surface area contributed by atoms with Crippen LogP contribution in [0.2, 0.25) is 0 Å². The zero-order valence-corrected chi connectivity index (χ0v) is 16.8. The lowest BCUT2D eigenvalue weighted by atomic mass is 10.1. The van der Waals surface area contributed by atoms with Crippen LogP contribution in [0.5, 0.6) is 11.5 Å². The third-order valence-electron chi connectivity index (χ3n) is 5.23. The summed E-state index contributed by atoms with van der Waals surface area (Å²) >= 11 is 0. The molecule has 7 heteroatoms. The molecule has 2 amide bonds. The molecule has 154 valence electrons. The maximum absolute atomic E-state index is 13.2. The molecule has 29 heavy (non-hydrogen) atoms. The Hall–Kier alpha value is -2.96. The normalized spacial score (nSPS) is 14.9. The van der Waals surface area contributed by atoms with Crippen molar-refractivity contribution in [1.82, 2.24) is 9.80 Å². The number of hydrogen-bond acceptors (Lipinski definition) is 5. The quantitative estimate of drug-likeness (QED) is 0.683. The van der Waals surface area contributed by atoms with E-state index < -0.39 is 0 Å². The van der Waals surface area contributed by atoms with Gasteiger partial charge in [-0.3, -0.25) is 9.59 Å². The van der Waals surface area contributed by atoms with Crippen LogP contribution in [-0.2, 0) is 22.7 Å². The van der Waals surface area contributed by atoms with E-state index >= 15 is 0 Å². The van der Waals surface area contributed by atoms with Crippen LogP contribution in [0.4, 0.5) is 0 Å². The average molecular weight is 398 g/mol. The number of hydrogen-bond donors (Lipinski definition) is 0. The number of carbonyl (C=O) groups is 2. The molecule has 0 atom stereocenters. The van der Waals surface area contributed by atoms with Crippen molar-refractivity contribution < 1.29 is 23.5 Å². The van der Waals surface area contributed by atoms with Gasteiger partial charge < -0.3 is 23.7 Å². The summed E-state index contributed by atoms with van der Waals surface area (Å²) in [6, 6.07) is 9.28. The van der Waals surface area contributed by atoms with Crippen LogP contribution >= 0.6 is 0 Å². The highest BCUT2D eigenvalue weighted by Crippen LogP contribution is 2.33. The van der Waals surface area contributed by atoms with E-state index in [1.807, 2.05) is 38.1 Å². The van der Waals surface area contributed by atoms with E-state index in [4.69, 9.17) is 13.9 Å². The van der Waals surface area contributed by atoms with Crippen LogP contribution in [0.1, 0.15) is 38.0 Å². The van der Waals surface area contributed by atoms with E-state index in [1.54, 1.807) is 22.1 Å². The number of fused-ring (bicyclic) bond motifs is 1. The first kappa shape index (κ1) is 19.4. The number of amides is 2. The zero-order valence-electron chi connectivity index (χ0n) is 16.8. The molecule has 7 nitrogen and oxygen atoms in total. The van der Waals surface area contributed by atoms with Gasteiger partial charge in [0, 0.05) is 18.5 Å².